The number of pyridine rings is 2. The molecule has 0 radical (unpaired) electrons. The number of thiazole rings is 1. The Bertz CT molecular complexity index is 776. The molecule has 0 aromatic carbocycles. The number of carbonyl (C=O) groups is 1. The fourth-order valence-corrected chi connectivity index (χ4v) is 2.36. The van der Waals surface area contributed by atoms with Crippen LogP contribution in [0.4, 0.5) is 5.13 Å². The highest BCUT2D eigenvalue weighted by atomic mass is 32.1. The molecule has 0 aliphatic heterocycles. The second-order valence-corrected chi connectivity index (χ2v) is 5.18. The van der Waals surface area contributed by atoms with Crippen molar-refractivity contribution in [1.82, 2.24) is 15.0 Å². The SMILES string of the molecule is COc1cc(C(=O)Nc2nccs2)nc(-c2ccccn2)c1. The van der Waals surface area contributed by atoms with Gasteiger partial charge in [-0.25, -0.2) is 9.97 Å². The van der Waals surface area contributed by atoms with E-state index >= 15 is 0 Å². The fourth-order valence-electron chi connectivity index (χ4n) is 1.83. The average Bonchev–Trinajstić information content (AvgIpc) is 3.08. The van der Waals surface area contributed by atoms with Gasteiger partial charge < -0.3 is 4.74 Å². The lowest BCUT2D eigenvalue weighted by atomic mass is 10.2. The number of amides is 1. The summed E-state index contributed by atoms with van der Waals surface area (Å²) in [6.45, 7) is 0. The van der Waals surface area contributed by atoms with Crippen molar-refractivity contribution in [3.05, 3.63) is 53.8 Å². The van der Waals surface area contributed by atoms with E-state index in [1.54, 1.807) is 37.0 Å². The normalized spacial score (nSPS) is 10.2. The predicted octanol–water partition coefficient (Wildman–Crippen LogP) is 2.86. The van der Waals surface area contributed by atoms with Crippen LogP contribution in [0.3, 0.4) is 0 Å². The lowest BCUT2D eigenvalue weighted by Crippen LogP contribution is -2.14. The molecule has 110 valence electrons. The lowest BCUT2D eigenvalue weighted by Gasteiger charge is -2.07. The van der Waals surface area contributed by atoms with Crippen molar-refractivity contribution in [3.8, 4) is 17.1 Å². The molecule has 0 aliphatic carbocycles. The van der Waals surface area contributed by atoms with E-state index < -0.39 is 0 Å². The van der Waals surface area contributed by atoms with Crippen molar-refractivity contribution in [2.24, 2.45) is 0 Å². The molecule has 0 unspecified atom stereocenters. The van der Waals surface area contributed by atoms with Crippen LogP contribution < -0.4 is 10.1 Å². The zero-order valence-electron chi connectivity index (χ0n) is 11.7. The molecule has 3 aromatic heterocycles. The summed E-state index contributed by atoms with van der Waals surface area (Å²) >= 11 is 1.34. The zero-order chi connectivity index (χ0) is 15.4. The van der Waals surface area contributed by atoms with Gasteiger partial charge in [-0.2, -0.15) is 0 Å². The van der Waals surface area contributed by atoms with Gasteiger partial charge in [0.1, 0.15) is 11.4 Å². The maximum absolute atomic E-state index is 12.3. The van der Waals surface area contributed by atoms with Crippen LogP contribution in [-0.2, 0) is 0 Å². The van der Waals surface area contributed by atoms with Crippen molar-refractivity contribution in [3.63, 3.8) is 0 Å². The molecule has 0 spiro atoms. The Morgan fingerprint density at radius 3 is 2.77 bits per heavy atom. The smallest absolute Gasteiger partial charge is 0.276 e. The number of nitrogens with one attached hydrogen (secondary N) is 1. The molecule has 0 fully saturated rings. The molecule has 0 saturated heterocycles. The van der Waals surface area contributed by atoms with Gasteiger partial charge >= 0.3 is 0 Å². The van der Waals surface area contributed by atoms with E-state index in [2.05, 4.69) is 20.3 Å². The van der Waals surface area contributed by atoms with E-state index in [0.717, 1.165) is 0 Å². The molecular weight excluding hydrogens is 300 g/mol. The quantitative estimate of drug-likeness (QED) is 0.801. The van der Waals surface area contributed by atoms with Gasteiger partial charge in [-0.05, 0) is 12.1 Å². The van der Waals surface area contributed by atoms with E-state index in [-0.39, 0.29) is 11.6 Å². The highest BCUT2D eigenvalue weighted by Gasteiger charge is 2.13. The standard InChI is InChI=1S/C15H12N4O2S/c1-21-10-8-12(11-4-2-3-5-16-11)18-13(9-10)14(20)19-15-17-6-7-22-15/h2-9H,1H3,(H,17,19,20). The molecule has 3 aromatic rings. The Morgan fingerprint density at radius 1 is 1.18 bits per heavy atom. The third-order valence-corrected chi connectivity index (χ3v) is 3.54. The second-order valence-electron chi connectivity index (χ2n) is 4.28. The number of anilines is 1. The van der Waals surface area contributed by atoms with E-state index in [0.29, 0.717) is 22.3 Å². The summed E-state index contributed by atoms with van der Waals surface area (Å²) in [6.07, 6.45) is 3.30. The third kappa shape index (κ3) is 3.09. The van der Waals surface area contributed by atoms with Crippen molar-refractivity contribution in [1.29, 1.82) is 0 Å². The second kappa shape index (κ2) is 6.31. The highest BCUT2D eigenvalue weighted by molar-refractivity contribution is 7.13. The summed E-state index contributed by atoms with van der Waals surface area (Å²) in [5, 5.41) is 5.01. The molecule has 22 heavy (non-hydrogen) atoms. The van der Waals surface area contributed by atoms with Crippen LogP contribution in [0, 0.1) is 0 Å². The fraction of sp³-hybridized carbons (Fsp3) is 0.0667. The minimum atomic E-state index is -0.342. The maximum Gasteiger partial charge on any atom is 0.276 e. The Balaban J connectivity index is 1.95. The minimum absolute atomic E-state index is 0.246. The molecule has 7 heteroatoms. The largest absolute Gasteiger partial charge is 0.497 e. The highest BCUT2D eigenvalue weighted by Crippen LogP contribution is 2.22. The first-order valence-corrected chi connectivity index (χ1v) is 7.32. The van der Waals surface area contributed by atoms with Crippen molar-refractivity contribution in [2.45, 2.75) is 0 Å². The van der Waals surface area contributed by atoms with E-state index in [1.807, 2.05) is 18.2 Å². The van der Waals surface area contributed by atoms with Crippen LogP contribution in [0.25, 0.3) is 11.4 Å². The van der Waals surface area contributed by atoms with Gasteiger partial charge in [0.2, 0.25) is 0 Å². The zero-order valence-corrected chi connectivity index (χ0v) is 12.5. The molecule has 6 nitrogen and oxygen atoms in total. The van der Waals surface area contributed by atoms with E-state index in [1.165, 1.54) is 11.3 Å². The number of hydrogen-bond donors (Lipinski definition) is 1. The Labute approximate surface area is 130 Å². The number of carbonyl (C=O) groups excluding carboxylic acids is 1. The number of nitrogens with zero attached hydrogens (tertiary/aromatic N) is 3. The number of ether oxygens (including phenoxy) is 1. The summed E-state index contributed by atoms with van der Waals surface area (Å²) < 4.78 is 5.24. The summed E-state index contributed by atoms with van der Waals surface area (Å²) in [6, 6.07) is 8.82. The number of aromatic nitrogens is 3. The Hall–Kier alpha value is -2.80. The summed E-state index contributed by atoms with van der Waals surface area (Å²) in [4.78, 5) is 24.9. The van der Waals surface area contributed by atoms with Crippen LogP contribution in [0.15, 0.2) is 48.1 Å². The monoisotopic (exact) mass is 312 g/mol. The van der Waals surface area contributed by atoms with Gasteiger partial charge in [0.25, 0.3) is 5.91 Å². The number of methoxy groups -OCH3 is 1. The van der Waals surface area contributed by atoms with Gasteiger partial charge in [0.05, 0.1) is 18.5 Å². The topological polar surface area (TPSA) is 77.0 Å². The molecule has 0 aliphatic rings. The molecule has 1 amide bonds. The van der Waals surface area contributed by atoms with Crippen molar-refractivity contribution in [2.75, 3.05) is 12.4 Å². The molecule has 3 heterocycles. The molecular formula is C15H12N4O2S. The maximum atomic E-state index is 12.3. The predicted molar refractivity (Wildman–Crippen MR) is 84.1 cm³/mol. The molecule has 1 N–H and O–H groups in total. The molecule has 3 rings (SSSR count). The van der Waals surface area contributed by atoms with Crippen LogP contribution in [0.2, 0.25) is 0 Å². The van der Waals surface area contributed by atoms with Gasteiger partial charge in [-0.1, -0.05) is 6.07 Å². The number of hydrogen-bond acceptors (Lipinski definition) is 6. The first-order valence-electron chi connectivity index (χ1n) is 6.44. The molecule has 0 atom stereocenters. The third-order valence-electron chi connectivity index (χ3n) is 2.85. The molecule has 0 saturated carbocycles. The summed E-state index contributed by atoms with van der Waals surface area (Å²) in [5.41, 5.74) is 1.49. The van der Waals surface area contributed by atoms with Gasteiger partial charge in [0.15, 0.2) is 5.13 Å². The summed E-state index contributed by atoms with van der Waals surface area (Å²) in [7, 11) is 1.54. The van der Waals surface area contributed by atoms with Crippen LogP contribution in [-0.4, -0.2) is 28.0 Å². The van der Waals surface area contributed by atoms with E-state index in [4.69, 9.17) is 4.74 Å². The van der Waals surface area contributed by atoms with Crippen molar-refractivity contribution >= 4 is 22.4 Å². The van der Waals surface area contributed by atoms with Crippen LogP contribution in [0.5, 0.6) is 5.75 Å². The van der Waals surface area contributed by atoms with Crippen molar-refractivity contribution < 1.29 is 9.53 Å². The lowest BCUT2D eigenvalue weighted by molar-refractivity contribution is 0.102. The van der Waals surface area contributed by atoms with E-state index in [9.17, 15) is 4.79 Å². The minimum Gasteiger partial charge on any atom is -0.497 e. The average molecular weight is 312 g/mol. The van der Waals surface area contributed by atoms with Gasteiger partial charge in [-0.15, -0.1) is 11.3 Å². The Kier molecular flexibility index (Phi) is 4.06. The first-order chi connectivity index (χ1) is 10.8. The van der Waals surface area contributed by atoms with Crippen LogP contribution in [0.1, 0.15) is 10.5 Å². The Morgan fingerprint density at radius 2 is 2.09 bits per heavy atom. The van der Waals surface area contributed by atoms with Gasteiger partial charge in [-0.3, -0.25) is 15.1 Å². The summed E-state index contributed by atoms with van der Waals surface area (Å²) in [5.74, 6) is 0.200. The van der Waals surface area contributed by atoms with Crippen LogP contribution >= 0.6 is 11.3 Å². The molecule has 0 bridgehead atoms. The van der Waals surface area contributed by atoms with Gasteiger partial charge in [0, 0.05) is 29.9 Å². The first kappa shape index (κ1) is 14.2. The number of rotatable bonds is 4.